The van der Waals surface area contributed by atoms with Gasteiger partial charge in [-0.1, -0.05) is 0 Å². The number of carboxylic acid groups (broad SMARTS) is 4. The van der Waals surface area contributed by atoms with Crippen LogP contribution < -0.4 is 11.5 Å². The zero-order valence-corrected chi connectivity index (χ0v) is 10.2. The molecule has 1 fully saturated rings. The number of carboxylic acids is 4. The molecule has 1 saturated carbocycles. The molecule has 1 aliphatic rings. The Morgan fingerprint density at radius 3 is 1.50 bits per heavy atom. The van der Waals surface area contributed by atoms with Crippen molar-refractivity contribution in [2.24, 2.45) is 16.9 Å². The van der Waals surface area contributed by atoms with E-state index in [1.165, 1.54) is 0 Å². The smallest absolute Gasteiger partial charge is 0.328 e. The molecule has 0 spiro atoms. The van der Waals surface area contributed by atoms with E-state index in [0.29, 0.717) is 0 Å². The van der Waals surface area contributed by atoms with Gasteiger partial charge in [-0.25, -0.2) is 0 Å². The third-order valence-corrected chi connectivity index (χ3v) is 3.95. The zero-order chi connectivity index (χ0) is 15.9. The van der Waals surface area contributed by atoms with E-state index in [1.807, 2.05) is 0 Å². The summed E-state index contributed by atoms with van der Waals surface area (Å²) in [7, 11) is 0. The molecule has 0 aliphatic heterocycles. The summed E-state index contributed by atoms with van der Waals surface area (Å²) >= 11 is 0. The first-order valence-corrected chi connectivity index (χ1v) is 5.50. The second-order valence-corrected chi connectivity index (χ2v) is 4.76. The molecule has 1 rings (SSSR count). The van der Waals surface area contributed by atoms with Crippen LogP contribution in [0.3, 0.4) is 0 Å². The highest BCUT2D eigenvalue weighted by molar-refractivity contribution is 6.09. The van der Waals surface area contributed by atoms with E-state index in [-0.39, 0.29) is 6.42 Å². The number of nitrogens with two attached hydrogens (primary N) is 2. The van der Waals surface area contributed by atoms with Crippen LogP contribution in [0.25, 0.3) is 0 Å². The monoisotopic (exact) mass is 290 g/mol. The van der Waals surface area contributed by atoms with Gasteiger partial charge >= 0.3 is 23.9 Å². The molecule has 0 bridgehead atoms. The molecule has 0 aromatic carbocycles. The summed E-state index contributed by atoms with van der Waals surface area (Å²) in [5, 5.41) is 36.7. The van der Waals surface area contributed by atoms with Crippen LogP contribution in [-0.4, -0.2) is 55.4 Å². The van der Waals surface area contributed by atoms with Crippen molar-refractivity contribution in [3.63, 3.8) is 0 Å². The number of aliphatic carboxylic acids is 4. The van der Waals surface area contributed by atoms with E-state index in [0.717, 1.165) is 0 Å². The fourth-order valence-electron chi connectivity index (χ4n) is 2.70. The van der Waals surface area contributed by atoms with Gasteiger partial charge in [0.25, 0.3) is 0 Å². The van der Waals surface area contributed by atoms with Gasteiger partial charge in [-0.2, -0.15) is 0 Å². The highest BCUT2D eigenvalue weighted by Gasteiger charge is 2.76. The SMILES string of the molecule is N[C@]1(C(=O)O)C(C(=O)O)(C(=O)O)CCC[C@]1(N)C(=O)O. The summed E-state index contributed by atoms with van der Waals surface area (Å²) in [4.78, 5) is 45.5. The molecule has 0 unspecified atom stereocenters. The summed E-state index contributed by atoms with van der Waals surface area (Å²) in [5.74, 6) is -8.03. The number of carbonyl (C=O) groups is 4. The van der Waals surface area contributed by atoms with Crippen LogP contribution in [0.15, 0.2) is 0 Å². The Labute approximate surface area is 112 Å². The van der Waals surface area contributed by atoms with E-state index in [9.17, 15) is 34.5 Å². The van der Waals surface area contributed by atoms with Gasteiger partial charge in [-0.15, -0.1) is 0 Å². The van der Waals surface area contributed by atoms with Gasteiger partial charge in [0.2, 0.25) is 0 Å². The summed E-state index contributed by atoms with van der Waals surface area (Å²) < 4.78 is 0. The molecule has 0 heterocycles. The number of hydrogen-bond acceptors (Lipinski definition) is 6. The predicted octanol–water partition coefficient (Wildman–Crippen LogP) is -2.11. The fourth-order valence-corrected chi connectivity index (χ4v) is 2.70. The molecule has 1 aliphatic carbocycles. The van der Waals surface area contributed by atoms with Gasteiger partial charge in [0.15, 0.2) is 11.0 Å². The highest BCUT2D eigenvalue weighted by atomic mass is 16.4. The van der Waals surface area contributed by atoms with Crippen LogP contribution in [0.1, 0.15) is 19.3 Å². The van der Waals surface area contributed by atoms with Gasteiger partial charge in [0.05, 0.1) is 0 Å². The van der Waals surface area contributed by atoms with Crippen LogP contribution in [0, 0.1) is 5.41 Å². The first kappa shape index (κ1) is 15.9. The average Bonchev–Trinajstić information content (AvgIpc) is 2.31. The Kier molecular flexibility index (Phi) is 3.51. The Morgan fingerprint density at radius 2 is 1.20 bits per heavy atom. The lowest BCUT2D eigenvalue weighted by molar-refractivity contribution is -0.190. The van der Waals surface area contributed by atoms with Crippen molar-refractivity contribution in [2.45, 2.75) is 30.3 Å². The summed E-state index contributed by atoms with van der Waals surface area (Å²) in [6.07, 6.45) is -1.28. The van der Waals surface area contributed by atoms with E-state index in [2.05, 4.69) is 0 Å². The molecular formula is C10H14N2O8. The van der Waals surface area contributed by atoms with Gasteiger partial charge in [-0.05, 0) is 19.3 Å². The normalized spacial score (nSPS) is 32.3. The van der Waals surface area contributed by atoms with Crippen molar-refractivity contribution >= 4 is 23.9 Å². The topological polar surface area (TPSA) is 201 Å². The molecule has 0 saturated heterocycles. The van der Waals surface area contributed by atoms with Gasteiger partial charge in [-0.3, -0.25) is 19.2 Å². The molecular weight excluding hydrogens is 276 g/mol. The van der Waals surface area contributed by atoms with E-state index < -0.39 is 53.2 Å². The summed E-state index contributed by atoms with van der Waals surface area (Å²) in [6, 6.07) is 0. The molecule has 0 amide bonds. The standard InChI is InChI=1S/C10H14N2O8/c11-9(6(17)18)3-1-2-8(4(13)14,5(15)16)10(9,12)7(19)20/h1-3,11-12H2,(H,13,14)(H,15,16)(H,17,18)(H,19,20)/t9-,10+/m0/s1. The minimum Gasteiger partial charge on any atom is -0.480 e. The Bertz CT molecular complexity index is 489. The molecule has 0 aromatic heterocycles. The van der Waals surface area contributed by atoms with Crippen LogP contribution >= 0.6 is 0 Å². The Balaban J connectivity index is 3.76. The first-order chi connectivity index (χ1) is 8.98. The summed E-state index contributed by atoms with van der Waals surface area (Å²) in [5.41, 5.74) is 2.07. The lowest BCUT2D eigenvalue weighted by Crippen LogP contribution is -2.84. The van der Waals surface area contributed by atoms with Crippen LogP contribution in [-0.2, 0) is 19.2 Å². The maximum absolute atomic E-state index is 11.4. The van der Waals surface area contributed by atoms with E-state index in [4.69, 9.17) is 16.6 Å². The van der Waals surface area contributed by atoms with Crippen molar-refractivity contribution in [1.29, 1.82) is 0 Å². The third-order valence-electron chi connectivity index (χ3n) is 3.95. The number of rotatable bonds is 4. The first-order valence-electron chi connectivity index (χ1n) is 5.50. The maximum atomic E-state index is 11.4. The van der Waals surface area contributed by atoms with Gasteiger partial charge in [0.1, 0.15) is 5.54 Å². The van der Waals surface area contributed by atoms with Crippen molar-refractivity contribution in [3.05, 3.63) is 0 Å². The predicted molar refractivity (Wildman–Crippen MR) is 60.7 cm³/mol. The lowest BCUT2D eigenvalue weighted by Gasteiger charge is -2.51. The summed E-state index contributed by atoms with van der Waals surface area (Å²) in [6.45, 7) is 0. The zero-order valence-electron chi connectivity index (χ0n) is 10.2. The average molecular weight is 290 g/mol. The highest BCUT2D eigenvalue weighted by Crippen LogP contribution is 2.48. The van der Waals surface area contributed by atoms with E-state index in [1.54, 1.807) is 0 Å². The number of hydrogen-bond donors (Lipinski definition) is 6. The quantitative estimate of drug-likeness (QED) is 0.311. The second-order valence-electron chi connectivity index (χ2n) is 4.76. The van der Waals surface area contributed by atoms with Gasteiger partial charge < -0.3 is 31.9 Å². The lowest BCUT2D eigenvalue weighted by atomic mass is 9.53. The molecule has 2 atom stereocenters. The molecule has 10 heteroatoms. The fraction of sp³-hybridized carbons (Fsp3) is 0.600. The van der Waals surface area contributed by atoms with Crippen molar-refractivity contribution in [3.8, 4) is 0 Å². The minimum absolute atomic E-state index is 0.201. The second kappa shape index (κ2) is 4.42. The molecule has 20 heavy (non-hydrogen) atoms. The van der Waals surface area contributed by atoms with Crippen molar-refractivity contribution < 1.29 is 39.6 Å². The molecule has 10 nitrogen and oxygen atoms in total. The third kappa shape index (κ3) is 1.51. The minimum atomic E-state index is -3.19. The maximum Gasteiger partial charge on any atom is 0.328 e. The Morgan fingerprint density at radius 1 is 0.750 bits per heavy atom. The molecule has 0 aromatic rings. The molecule has 8 N–H and O–H groups in total. The van der Waals surface area contributed by atoms with E-state index >= 15 is 0 Å². The molecule has 0 radical (unpaired) electrons. The van der Waals surface area contributed by atoms with Crippen molar-refractivity contribution in [2.75, 3.05) is 0 Å². The molecule has 112 valence electrons. The van der Waals surface area contributed by atoms with Crippen LogP contribution in [0.2, 0.25) is 0 Å². The van der Waals surface area contributed by atoms with Gasteiger partial charge in [0, 0.05) is 0 Å². The largest absolute Gasteiger partial charge is 0.480 e. The van der Waals surface area contributed by atoms with Crippen LogP contribution in [0.5, 0.6) is 0 Å². The van der Waals surface area contributed by atoms with Crippen LogP contribution in [0.4, 0.5) is 0 Å². The Hall–Kier alpha value is -2.20. The van der Waals surface area contributed by atoms with Crippen molar-refractivity contribution in [1.82, 2.24) is 0 Å².